The Morgan fingerprint density at radius 3 is 2.33 bits per heavy atom. The van der Waals surface area contributed by atoms with Crippen LogP contribution in [0.4, 0.5) is 0 Å². The lowest BCUT2D eigenvalue weighted by atomic mass is 9.98. The Hall–Kier alpha value is -2.01. The molecule has 1 aliphatic rings. The van der Waals surface area contributed by atoms with Crippen molar-refractivity contribution in [2.24, 2.45) is 7.05 Å². The van der Waals surface area contributed by atoms with Crippen LogP contribution in [0.25, 0.3) is 22.5 Å². The van der Waals surface area contributed by atoms with E-state index in [0.717, 1.165) is 36.9 Å². The molecule has 0 radical (unpaired) electrons. The predicted molar refractivity (Wildman–Crippen MR) is 121 cm³/mol. The van der Waals surface area contributed by atoms with Crippen molar-refractivity contribution in [1.82, 2.24) is 9.55 Å². The van der Waals surface area contributed by atoms with Crippen LogP contribution in [-0.2, 0) is 11.8 Å². The molecule has 156 valence electrons. The van der Waals surface area contributed by atoms with E-state index in [0.29, 0.717) is 26.3 Å². The number of ether oxygens (including phenoxy) is 1. The Balaban J connectivity index is 1.80. The van der Waals surface area contributed by atoms with Gasteiger partial charge in [-0.25, -0.2) is 9.78 Å². The van der Waals surface area contributed by atoms with Crippen molar-refractivity contribution in [2.45, 2.75) is 38.2 Å². The molecule has 3 aromatic rings. The third-order valence-corrected chi connectivity index (χ3v) is 6.21. The Morgan fingerprint density at radius 1 is 1.00 bits per heavy atom. The molecule has 0 spiro atoms. The maximum Gasteiger partial charge on any atom is 0.374 e. The van der Waals surface area contributed by atoms with Gasteiger partial charge in [0, 0.05) is 28.2 Å². The SMILES string of the molecule is Cn1c(C(=O)OC2CCCCC2)nc(-c2ccc(Cl)cc2Cl)c1-c1ccc(Cl)cc1. The first-order valence-electron chi connectivity index (χ1n) is 9.93. The number of imidazole rings is 1. The van der Waals surface area contributed by atoms with Gasteiger partial charge < -0.3 is 9.30 Å². The highest BCUT2D eigenvalue weighted by atomic mass is 35.5. The number of carbonyl (C=O) groups excluding carboxylic acids is 1. The second-order valence-electron chi connectivity index (χ2n) is 7.49. The highest BCUT2D eigenvalue weighted by Crippen LogP contribution is 2.37. The molecule has 1 saturated carbocycles. The van der Waals surface area contributed by atoms with Crippen LogP contribution in [0.2, 0.25) is 15.1 Å². The topological polar surface area (TPSA) is 44.1 Å². The highest BCUT2D eigenvalue weighted by molar-refractivity contribution is 6.36. The van der Waals surface area contributed by atoms with Crippen LogP contribution in [0.15, 0.2) is 42.5 Å². The number of aromatic nitrogens is 2. The largest absolute Gasteiger partial charge is 0.457 e. The van der Waals surface area contributed by atoms with E-state index in [1.54, 1.807) is 28.8 Å². The number of halogens is 3. The van der Waals surface area contributed by atoms with Crippen LogP contribution >= 0.6 is 34.8 Å². The number of hydrogen-bond donors (Lipinski definition) is 0. The Bertz CT molecular complexity index is 1070. The summed E-state index contributed by atoms with van der Waals surface area (Å²) in [6.07, 6.45) is 5.10. The van der Waals surface area contributed by atoms with Gasteiger partial charge in [0.15, 0.2) is 0 Å². The van der Waals surface area contributed by atoms with Crippen LogP contribution in [0.1, 0.15) is 42.7 Å². The fraction of sp³-hybridized carbons (Fsp3) is 0.304. The van der Waals surface area contributed by atoms with Crippen molar-refractivity contribution in [3.8, 4) is 22.5 Å². The molecule has 30 heavy (non-hydrogen) atoms. The summed E-state index contributed by atoms with van der Waals surface area (Å²) < 4.78 is 7.53. The fourth-order valence-corrected chi connectivity index (χ4v) is 4.50. The highest BCUT2D eigenvalue weighted by Gasteiger charge is 2.27. The molecule has 2 aromatic carbocycles. The molecular formula is C23H21Cl3N2O2. The first-order valence-corrected chi connectivity index (χ1v) is 11.1. The summed E-state index contributed by atoms with van der Waals surface area (Å²) in [5.41, 5.74) is 2.91. The quantitative estimate of drug-likeness (QED) is 0.384. The first-order chi connectivity index (χ1) is 14.4. The molecule has 1 heterocycles. The summed E-state index contributed by atoms with van der Waals surface area (Å²) in [7, 11) is 1.81. The second-order valence-corrected chi connectivity index (χ2v) is 8.77. The van der Waals surface area contributed by atoms with Gasteiger partial charge in [0.05, 0.1) is 16.4 Å². The van der Waals surface area contributed by atoms with E-state index in [-0.39, 0.29) is 11.9 Å². The third-order valence-electron chi connectivity index (χ3n) is 5.41. The van der Waals surface area contributed by atoms with E-state index in [1.807, 2.05) is 25.2 Å². The van der Waals surface area contributed by atoms with Crippen molar-refractivity contribution >= 4 is 40.8 Å². The minimum atomic E-state index is -0.420. The maximum absolute atomic E-state index is 13.0. The normalized spacial score (nSPS) is 14.7. The fourth-order valence-electron chi connectivity index (χ4n) is 3.88. The number of carbonyl (C=O) groups is 1. The van der Waals surface area contributed by atoms with Crippen molar-refractivity contribution < 1.29 is 9.53 Å². The Morgan fingerprint density at radius 2 is 1.67 bits per heavy atom. The lowest BCUT2D eigenvalue weighted by Crippen LogP contribution is -2.22. The van der Waals surface area contributed by atoms with E-state index >= 15 is 0 Å². The second kappa shape index (κ2) is 9.01. The standard InChI is InChI=1S/C23H21Cl3N2O2/c1-28-21(14-7-9-15(24)10-8-14)20(18-12-11-16(25)13-19(18)26)27-22(28)23(29)30-17-5-3-2-4-6-17/h7-13,17H,2-6H2,1H3. The molecular weight excluding hydrogens is 443 g/mol. The minimum absolute atomic E-state index is 0.0514. The van der Waals surface area contributed by atoms with E-state index < -0.39 is 5.97 Å². The number of rotatable bonds is 4. The minimum Gasteiger partial charge on any atom is -0.457 e. The van der Waals surface area contributed by atoms with E-state index in [9.17, 15) is 4.79 Å². The summed E-state index contributed by atoms with van der Waals surface area (Å²) in [6, 6.07) is 12.6. The average molecular weight is 464 g/mol. The van der Waals surface area contributed by atoms with Gasteiger partial charge in [0.25, 0.3) is 0 Å². The average Bonchev–Trinajstić information content (AvgIpc) is 3.06. The summed E-state index contributed by atoms with van der Waals surface area (Å²) in [6.45, 7) is 0. The van der Waals surface area contributed by atoms with Crippen LogP contribution in [0.5, 0.6) is 0 Å². The molecule has 0 amide bonds. The lowest BCUT2D eigenvalue weighted by Gasteiger charge is -2.21. The Kier molecular flexibility index (Phi) is 6.37. The van der Waals surface area contributed by atoms with Crippen LogP contribution < -0.4 is 0 Å². The number of nitrogens with zero attached hydrogens (tertiary/aromatic N) is 2. The molecule has 0 N–H and O–H groups in total. The zero-order valence-corrected chi connectivity index (χ0v) is 18.8. The van der Waals surface area contributed by atoms with Gasteiger partial charge >= 0.3 is 5.97 Å². The monoisotopic (exact) mass is 462 g/mol. The van der Waals surface area contributed by atoms with Crippen molar-refractivity contribution in [3.05, 3.63) is 63.4 Å². The van der Waals surface area contributed by atoms with E-state index in [2.05, 4.69) is 4.98 Å². The molecule has 0 atom stereocenters. The molecule has 1 aromatic heterocycles. The van der Waals surface area contributed by atoms with Gasteiger partial charge in [-0.05, 0) is 56.0 Å². The molecule has 1 aliphatic carbocycles. The van der Waals surface area contributed by atoms with Gasteiger partial charge in [0.1, 0.15) is 6.10 Å². The van der Waals surface area contributed by atoms with E-state index in [1.165, 1.54) is 6.42 Å². The maximum atomic E-state index is 13.0. The number of esters is 1. The lowest BCUT2D eigenvalue weighted by molar-refractivity contribution is 0.0193. The van der Waals surface area contributed by atoms with E-state index in [4.69, 9.17) is 39.5 Å². The summed E-state index contributed by atoms with van der Waals surface area (Å²) in [4.78, 5) is 17.6. The van der Waals surface area contributed by atoms with Crippen LogP contribution in [0.3, 0.4) is 0 Å². The zero-order chi connectivity index (χ0) is 21.3. The first kappa shape index (κ1) is 21.2. The van der Waals surface area contributed by atoms with Gasteiger partial charge in [-0.2, -0.15) is 0 Å². The smallest absolute Gasteiger partial charge is 0.374 e. The molecule has 7 heteroatoms. The van der Waals surface area contributed by atoms with Crippen molar-refractivity contribution in [2.75, 3.05) is 0 Å². The van der Waals surface area contributed by atoms with Crippen LogP contribution in [-0.4, -0.2) is 21.6 Å². The molecule has 1 fully saturated rings. The molecule has 4 nitrogen and oxygen atoms in total. The van der Waals surface area contributed by atoms with Gasteiger partial charge in [-0.15, -0.1) is 0 Å². The summed E-state index contributed by atoms with van der Waals surface area (Å²) >= 11 is 18.6. The van der Waals surface area contributed by atoms with Gasteiger partial charge in [0.2, 0.25) is 5.82 Å². The molecule has 0 aliphatic heterocycles. The van der Waals surface area contributed by atoms with Crippen LogP contribution in [0, 0.1) is 0 Å². The third kappa shape index (κ3) is 4.36. The number of hydrogen-bond acceptors (Lipinski definition) is 3. The zero-order valence-electron chi connectivity index (χ0n) is 16.5. The molecule has 0 unspecified atom stereocenters. The molecule has 0 bridgehead atoms. The van der Waals surface area contributed by atoms with Gasteiger partial charge in [-0.3, -0.25) is 0 Å². The molecule has 4 rings (SSSR count). The number of benzene rings is 2. The summed E-state index contributed by atoms with van der Waals surface area (Å²) in [5.74, 6) is -0.178. The van der Waals surface area contributed by atoms with Gasteiger partial charge in [-0.1, -0.05) is 53.4 Å². The molecule has 0 saturated heterocycles. The van der Waals surface area contributed by atoms with Crippen molar-refractivity contribution in [3.63, 3.8) is 0 Å². The summed E-state index contributed by atoms with van der Waals surface area (Å²) in [5, 5.41) is 1.62. The Labute approximate surface area is 190 Å². The van der Waals surface area contributed by atoms with Crippen molar-refractivity contribution in [1.29, 1.82) is 0 Å². The predicted octanol–water partition coefficient (Wildman–Crippen LogP) is 7.20.